The third-order valence-corrected chi connectivity index (χ3v) is 5.81. The summed E-state index contributed by atoms with van der Waals surface area (Å²) in [4.78, 5) is 5.80. The van der Waals surface area contributed by atoms with E-state index in [1.807, 2.05) is 66.7 Å². The van der Waals surface area contributed by atoms with Gasteiger partial charge in [0.2, 0.25) is 6.79 Å². The van der Waals surface area contributed by atoms with Crippen molar-refractivity contribution in [1.29, 1.82) is 0 Å². The fraction of sp³-hybridized carbons (Fsp3) is 0.0870. The summed E-state index contributed by atoms with van der Waals surface area (Å²) >= 11 is 7.71. The van der Waals surface area contributed by atoms with Crippen LogP contribution in [-0.2, 0) is 6.54 Å². The molecule has 0 amide bonds. The lowest BCUT2D eigenvalue weighted by Crippen LogP contribution is -2.16. The van der Waals surface area contributed by atoms with Crippen molar-refractivity contribution in [3.8, 4) is 22.8 Å². The third-order valence-electron chi connectivity index (χ3n) is 4.70. The molecule has 29 heavy (non-hydrogen) atoms. The van der Waals surface area contributed by atoms with E-state index in [0.717, 1.165) is 43.8 Å². The molecule has 0 aliphatic carbocycles. The predicted molar refractivity (Wildman–Crippen MR) is 116 cm³/mol. The molecular weight excluding hydrogens is 404 g/mol. The molecule has 0 atom stereocenters. The average molecular weight is 421 g/mol. The second-order valence-electron chi connectivity index (χ2n) is 6.63. The maximum atomic E-state index is 6.09. The van der Waals surface area contributed by atoms with Gasteiger partial charge in [0.25, 0.3) is 0 Å². The van der Waals surface area contributed by atoms with E-state index < -0.39 is 0 Å². The molecule has 4 aromatic rings. The maximum Gasteiger partial charge on any atom is 0.231 e. The van der Waals surface area contributed by atoms with Crippen molar-refractivity contribution >= 4 is 28.6 Å². The van der Waals surface area contributed by atoms with Crippen LogP contribution in [0.15, 0.2) is 83.2 Å². The minimum absolute atomic E-state index is 0.273. The summed E-state index contributed by atoms with van der Waals surface area (Å²) in [7, 11) is 0. The Kier molecular flexibility index (Phi) is 4.84. The van der Waals surface area contributed by atoms with Gasteiger partial charge in [-0.2, -0.15) is 0 Å². The minimum Gasteiger partial charge on any atom is -0.454 e. The number of fused-ring (bicyclic) bond motifs is 1. The fourth-order valence-corrected chi connectivity index (χ4v) is 4.31. The molecule has 1 aromatic heterocycles. The highest BCUT2D eigenvalue weighted by Gasteiger charge is 2.15. The smallest absolute Gasteiger partial charge is 0.231 e. The summed E-state index contributed by atoms with van der Waals surface area (Å²) in [5.41, 5.74) is 4.24. The number of hydrogen-bond donors (Lipinski definition) is 0. The largest absolute Gasteiger partial charge is 0.454 e. The number of thiazole rings is 1. The molecular formula is C23H17ClN2O2S. The minimum atomic E-state index is 0.273. The predicted octanol–water partition coefficient (Wildman–Crippen LogP) is 5.88. The molecule has 5 rings (SSSR count). The van der Waals surface area contributed by atoms with Gasteiger partial charge < -0.3 is 14.0 Å². The molecule has 0 radical (unpaired) electrons. The van der Waals surface area contributed by atoms with E-state index in [1.165, 1.54) is 0 Å². The first-order chi connectivity index (χ1) is 14.3. The van der Waals surface area contributed by atoms with Crippen LogP contribution >= 0.6 is 22.9 Å². The van der Waals surface area contributed by atoms with Gasteiger partial charge in [-0.1, -0.05) is 48.0 Å². The molecule has 0 saturated heterocycles. The van der Waals surface area contributed by atoms with Crippen molar-refractivity contribution in [2.75, 3.05) is 6.79 Å². The first-order valence-electron chi connectivity index (χ1n) is 9.19. The van der Waals surface area contributed by atoms with Crippen molar-refractivity contribution in [3.05, 3.63) is 93.6 Å². The lowest BCUT2D eigenvalue weighted by atomic mass is 10.1. The van der Waals surface area contributed by atoms with Crippen LogP contribution in [-0.4, -0.2) is 11.4 Å². The van der Waals surface area contributed by atoms with Crippen molar-refractivity contribution in [2.24, 2.45) is 4.99 Å². The lowest BCUT2D eigenvalue weighted by Gasteiger charge is -2.10. The van der Waals surface area contributed by atoms with Crippen LogP contribution in [0, 0.1) is 0 Å². The summed E-state index contributed by atoms with van der Waals surface area (Å²) in [6.07, 6.45) is 0. The number of para-hydroxylation sites is 1. The standard InChI is InChI=1S/C23H17ClN2O2S/c24-18-9-7-17(8-10-18)20-14-29-23(25-19-4-2-1-3-5-19)26(20)13-16-6-11-21-22(12-16)28-15-27-21/h1-12,14H,13,15H2. The molecule has 1 aliphatic rings. The van der Waals surface area contributed by atoms with Crippen LogP contribution in [0.5, 0.6) is 11.5 Å². The van der Waals surface area contributed by atoms with E-state index >= 15 is 0 Å². The van der Waals surface area contributed by atoms with Gasteiger partial charge in [0.05, 0.1) is 17.9 Å². The van der Waals surface area contributed by atoms with Gasteiger partial charge in [0.15, 0.2) is 16.3 Å². The summed E-state index contributed by atoms with van der Waals surface area (Å²) in [6, 6.07) is 23.9. The van der Waals surface area contributed by atoms with E-state index in [-0.39, 0.29) is 6.79 Å². The highest BCUT2D eigenvalue weighted by Crippen LogP contribution is 2.33. The Morgan fingerprint density at radius 1 is 0.931 bits per heavy atom. The normalized spacial score (nSPS) is 13.1. The topological polar surface area (TPSA) is 35.8 Å². The quantitative estimate of drug-likeness (QED) is 0.413. The highest BCUT2D eigenvalue weighted by atomic mass is 35.5. The van der Waals surface area contributed by atoms with Crippen molar-refractivity contribution < 1.29 is 9.47 Å². The van der Waals surface area contributed by atoms with E-state index in [9.17, 15) is 0 Å². The Morgan fingerprint density at radius 3 is 2.55 bits per heavy atom. The summed E-state index contributed by atoms with van der Waals surface area (Å²) in [6.45, 7) is 0.943. The van der Waals surface area contributed by atoms with Crippen molar-refractivity contribution in [3.63, 3.8) is 0 Å². The number of rotatable bonds is 4. The molecule has 2 heterocycles. The maximum absolute atomic E-state index is 6.09. The van der Waals surface area contributed by atoms with Crippen LogP contribution in [0.2, 0.25) is 5.02 Å². The molecule has 3 aromatic carbocycles. The second kappa shape index (κ2) is 7.78. The highest BCUT2D eigenvalue weighted by molar-refractivity contribution is 7.07. The van der Waals surface area contributed by atoms with Gasteiger partial charge in [-0.15, -0.1) is 11.3 Å². The number of nitrogens with zero attached hydrogens (tertiary/aromatic N) is 2. The van der Waals surface area contributed by atoms with Crippen LogP contribution in [0.25, 0.3) is 11.3 Å². The van der Waals surface area contributed by atoms with Gasteiger partial charge in [-0.3, -0.25) is 0 Å². The van der Waals surface area contributed by atoms with Crippen molar-refractivity contribution in [1.82, 2.24) is 4.57 Å². The first kappa shape index (κ1) is 18.0. The van der Waals surface area contributed by atoms with Gasteiger partial charge in [0.1, 0.15) is 0 Å². The molecule has 0 bridgehead atoms. The summed E-state index contributed by atoms with van der Waals surface area (Å²) in [5, 5.41) is 2.86. The van der Waals surface area contributed by atoms with Crippen molar-refractivity contribution in [2.45, 2.75) is 6.54 Å². The van der Waals surface area contributed by atoms with E-state index in [1.54, 1.807) is 11.3 Å². The number of benzene rings is 3. The second-order valence-corrected chi connectivity index (χ2v) is 7.90. The molecule has 1 aliphatic heterocycles. The Morgan fingerprint density at radius 2 is 1.72 bits per heavy atom. The molecule has 0 unspecified atom stereocenters. The fourth-order valence-electron chi connectivity index (χ4n) is 3.26. The number of ether oxygens (including phenoxy) is 2. The van der Waals surface area contributed by atoms with Gasteiger partial charge in [0, 0.05) is 10.4 Å². The Labute approximate surface area is 177 Å². The average Bonchev–Trinajstić information content (AvgIpc) is 3.37. The van der Waals surface area contributed by atoms with Gasteiger partial charge >= 0.3 is 0 Å². The third kappa shape index (κ3) is 3.79. The number of hydrogen-bond acceptors (Lipinski definition) is 4. The molecule has 0 fully saturated rings. The zero-order valence-electron chi connectivity index (χ0n) is 15.4. The molecule has 0 saturated carbocycles. The molecule has 0 N–H and O–H groups in total. The Hall–Kier alpha value is -3.02. The Balaban J connectivity index is 1.61. The zero-order chi connectivity index (χ0) is 19.6. The SMILES string of the molecule is Clc1ccc(-c2csc(=Nc3ccccc3)n2Cc2ccc3c(c2)OCO3)cc1. The van der Waals surface area contributed by atoms with Crippen LogP contribution in [0.4, 0.5) is 5.69 Å². The van der Waals surface area contributed by atoms with Crippen LogP contribution < -0.4 is 14.3 Å². The monoisotopic (exact) mass is 420 g/mol. The summed E-state index contributed by atoms with van der Waals surface area (Å²) < 4.78 is 13.2. The molecule has 4 nitrogen and oxygen atoms in total. The van der Waals surface area contributed by atoms with E-state index in [0.29, 0.717) is 6.54 Å². The first-order valence-corrected chi connectivity index (χ1v) is 10.4. The number of aromatic nitrogens is 1. The van der Waals surface area contributed by atoms with Crippen LogP contribution in [0.3, 0.4) is 0 Å². The van der Waals surface area contributed by atoms with Crippen LogP contribution in [0.1, 0.15) is 5.56 Å². The molecule has 0 spiro atoms. The molecule has 144 valence electrons. The molecule has 6 heteroatoms. The van der Waals surface area contributed by atoms with E-state index in [4.69, 9.17) is 26.1 Å². The summed E-state index contributed by atoms with van der Waals surface area (Å²) in [5.74, 6) is 1.57. The number of halogens is 1. The van der Waals surface area contributed by atoms with E-state index in [2.05, 4.69) is 16.0 Å². The van der Waals surface area contributed by atoms with Gasteiger partial charge in [-0.05, 0) is 47.5 Å². The zero-order valence-corrected chi connectivity index (χ0v) is 17.0. The van der Waals surface area contributed by atoms with Gasteiger partial charge in [-0.25, -0.2) is 4.99 Å². The lowest BCUT2D eigenvalue weighted by molar-refractivity contribution is 0.174. The Bertz CT molecular complexity index is 1210.